The third kappa shape index (κ3) is 3.67. The fourth-order valence-corrected chi connectivity index (χ4v) is 4.29. The molecule has 31 heavy (non-hydrogen) atoms. The van der Waals surface area contributed by atoms with Crippen LogP contribution in [0.3, 0.4) is 0 Å². The lowest BCUT2D eigenvalue weighted by Crippen LogP contribution is -2.41. The van der Waals surface area contributed by atoms with Crippen LogP contribution in [0.4, 0.5) is 0 Å². The molecular weight excluding hydrogens is 392 g/mol. The summed E-state index contributed by atoms with van der Waals surface area (Å²) in [6.07, 6.45) is 3.54. The number of pyridine rings is 1. The molecule has 0 atom stereocenters. The Hall–Kier alpha value is -3.61. The Kier molecular flexibility index (Phi) is 4.94. The maximum absolute atomic E-state index is 12.8. The number of nitrogens with one attached hydrogen (secondary N) is 1. The Balaban J connectivity index is 1.18. The summed E-state index contributed by atoms with van der Waals surface area (Å²) in [6.45, 7) is 3.76. The Morgan fingerprint density at radius 1 is 1.13 bits per heavy atom. The molecule has 0 saturated carbocycles. The molecule has 1 fully saturated rings. The number of likely N-dealkylation sites (tertiary alicyclic amines) is 1. The van der Waals surface area contributed by atoms with Crippen LogP contribution in [0.15, 0.2) is 59.1 Å². The van der Waals surface area contributed by atoms with Gasteiger partial charge in [-0.25, -0.2) is 4.98 Å². The minimum absolute atomic E-state index is 0.0694. The van der Waals surface area contributed by atoms with Crippen molar-refractivity contribution in [1.82, 2.24) is 19.6 Å². The lowest BCUT2D eigenvalue weighted by atomic mass is 9.96. The van der Waals surface area contributed by atoms with E-state index in [2.05, 4.69) is 10.3 Å². The van der Waals surface area contributed by atoms with Gasteiger partial charge in [0.1, 0.15) is 16.9 Å². The van der Waals surface area contributed by atoms with E-state index in [1.807, 2.05) is 71.0 Å². The molecule has 158 valence electrons. The van der Waals surface area contributed by atoms with E-state index in [0.717, 1.165) is 35.2 Å². The van der Waals surface area contributed by atoms with Crippen LogP contribution in [0, 0.1) is 12.8 Å². The molecule has 3 aromatic heterocycles. The number of piperidine rings is 1. The fourth-order valence-electron chi connectivity index (χ4n) is 4.29. The number of amides is 2. The zero-order chi connectivity index (χ0) is 21.4. The van der Waals surface area contributed by atoms with Gasteiger partial charge in [-0.1, -0.05) is 24.3 Å². The number of furan rings is 1. The number of carbonyl (C=O) groups is 2. The number of imidazole rings is 1. The van der Waals surface area contributed by atoms with Gasteiger partial charge >= 0.3 is 0 Å². The van der Waals surface area contributed by atoms with E-state index >= 15 is 0 Å². The quantitative estimate of drug-likeness (QED) is 0.550. The van der Waals surface area contributed by atoms with Crippen molar-refractivity contribution in [3.8, 4) is 0 Å². The summed E-state index contributed by atoms with van der Waals surface area (Å²) in [6, 6.07) is 15.1. The van der Waals surface area contributed by atoms with E-state index in [1.54, 1.807) is 0 Å². The highest BCUT2D eigenvalue weighted by Crippen LogP contribution is 2.23. The summed E-state index contributed by atoms with van der Waals surface area (Å²) in [5.41, 5.74) is 2.79. The van der Waals surface area contributed by atoms with Gasteiger partial charge in [-0.15, -0.1) is 0 Å². The largest absolute Gasteiger partial charge is 0.451 e. The molecule has 7 heteroatoms. The molecule has 7 nitrogen and oxygen atoms in total. The number of rotatable bonds is 4. The molecule has 4 aromatic rings. The van der Waals surface area contributed by atoms with Gasteiger partial charge in [-0.2, -0.15) is 0 Å². The molecule has 1 aliphatic rings. The first-order valence-electron chi connectivity index (χ1n) is 10.6. The van der Waals surface area contributed by atoms with Gasteiger partial charge in [0.25, 0.3) is 11.8 Å². The van der Waals surface area contributed by atoms with Crippen LogP contribution in [0.1, 0.15) is 39.6 Å². The van der Waals surface area contributed by atoms with Crippen molar-refractivity contribution in [2.75, 3.05) is 19.6 Å². The third-order valence-electron chi connectivity index (χ3n) is 6.01. The predicted molar refractivity (Wildman–Crippen MR) is 117 cm³/mol. The molecule has 0 aliphatic carbocycles. The molecule has 0 radical (unpaired) electrons. The van der Waals surface area contributed by atoms with Crippen LogP contribution >= 0.6 is 0 Å². The molecule has 0 spiro atoms. The summed E-state index contributed by atoms with van der Waals surface area (Å²) >= 11 is 0. The van der Waals surface area contributed by atoms with Crippen molar-refractivity contribution < 1.29 is 14.0 Å². The molecule has 2 amide bonds. The highest BCUT2D eigenvalue weighted by Gasteiger charge is 2.26. The van der Waals surface area contributed by atoms with Crippen LogP contribution in [-0.4, -0.2) is 45.7 Å². The normalized spacial score (nSPS) is 14.9. The van der Waals surface area contributed by atoms with Crippen LogP contribution in [0.5, 0.6) is 0 Å². The van der Waals surface area contributed by atoms with Crippen molar-refractivity contribution >= 4 is 28.4 Å². The SMILES string of the molecule is Cc1nc2ccccn2c1C(=O)NCC1CCN(C(=O)c2cc3ccccc3o2)CC1. The number of carbonyl (C=O) groups excluding carboxylic acids is 2. The molecule has 1 N–H and O–H groups in total. The Morgan fingerprint density at radius 2 is 1.90 bits per heavy atom. The average Bonchev–Trinajstić information content (AvgIpc) is 3.37. The first-order valence-corrected chi connectivity index (χ1v) is 10.6. The smallest absolute Gasteiger partial charge is 0.289 e. The second kappa shape index (κ2) is 7.91. The molecule has 4 heterocycles. The number of aryl methyl sites for hydroxylation is 1. The molecule has 1 aliphatic heterocycles. The summed E-state index contributed by atoms with van der Waals surface area (Å²) in [5.74, 6) is 0.538. The van der Waals surface area contributed by atoms with Crippen LogP contribution in [0.2, 0.25) is 0 Å². The maximum Gasteiger partial charge on any atom is 0.289 e. The van der Waals surface area contributed by atoms with Crippen LogP contribution in [-0.2, 0) is 0 Å². The van der Waals surface area contributed by atoms with E-state index in [4.69, 9.17) is 4.42 Å². The summed E-state index contributed by atoms with van der Waals surface area (Å²) in [5, 5.41) is 4.00. The number of hydrogen-bond acceptors (Lipinski definition) is 4. The van der Waals surface area contributed by atoms with Gasteiger partial charge in [0.2, 0.25) is 0 Å². The maximum atomic E-state index is 12.8. The van der Waals surface area contributed by atoms with Crippen molar-refractivity contribution in [2.45, 2.75) is 19.8 Å². The summed E-state index contributed by atoms with van der Waals surface area (Å²) in [4.78, 5) is 31.9. The fraction of sp³-hybridized carbons (Fsp3) is 0.292. The van der Waals surface area contributed by atoms with Crippen LogP contribution < -0.4 is 5.32 Å². The second-order valence-corrected chi connectivity index (χ2v) is 8.07. The van der Waals surface area contributed by atoms with Gasteiger partial charge in [0.05, 0.1) is 5.69 Å². The topological polar surface area (TPSA) is 79.9 Å². The zero-order valence-electron chi connectivity index (χ0n) is 17.4. The standard InChI is InChI=1S/C24H24N4O3/c1-16-22(28-11-5-4-8-21(28)26-16)23(29)25-15-17-9-12-27(13-10-17)24(30)20-14-18-6-2-3-7-19(18)31-20/h2-8,11,14,17H,9-10,12-13,15H2,1H3,(H,25,29). The number of para-hydroxylation sites is 1. The highest BCUT2D eigenvalue weighted by molar-refractivity contribution is 5.96. The molecule has 1 aromatic carbocycles. The molecular formula is C24H24N4O3. The third-order valence-corrected chi connectivity index (χ3v) is 6.01. The molecule has 5 rings (SSSR count). The van der Waals surface area contributed by atoms with Crippen molar-refractivity contribution in [2.24, 2.45) is 5.92 Å². The minimum atomic E-state index is -0.114. The van der Waals surface area contributed by atoms with Gasteiger partial charge in [-0.05, 0) is 49.9 Å². The number of nitrogens with zero attached hydrogens (tertiary/aromatic N) is 3. The van der Waals surface area contributed by atoms with E-state index < -0.39 is 0 Å². The van der Waals surface area contributed by atoms with Gasteiger partial charge in [0.15, 0.2) is 5.76 Å². The van der Waals surface area contributed by atoms with Gasteiger partial charge in [0, 0.05) is 31.2 Å². The van der Waals surface area contributed by atoms with E-state index in [0.29, 0.717) is 37.0 Å². The Labute approximate surface area is 179 Å². The van der Waals surface area contributed by atoms with Gasteiger partial charge < -0.3 is 14.6 Å². The Morgan fingerprint density at radius 3 is 2.71 bits per heavy atom. The number of benzene rings is 1. The van der Waals surface area contributed by atoms with Gasteiger partial charge in [-0.3, -0.25) is 14.0 Å². The average molecular weight is 416 g/mol. The number of aromatic nitrogens is 2. The summed E-state index contributed by atoms with van der Waals surface area (Å²) < 4.78 is 7.54. The Bertz CT molecular complexity index is 1230. The van der Waals surface area contributed by atoms with Crippen LogP contribution in [0.25, 0.3) is 16.6 Å². The van der Waals surface area contributed by atoms with Crippen molar-refractivity contribution in [1.29, 1.82) is 0 Å². The number of hydrogen-bond donors (Lipinski definition) is 1. The first kappa shape index (κ1) is 19.4. The molecule has 0 bridgehead atoms. The monoisotopic (exact) mass is 416 g/mol. The van der Waals surface area contributed by atoms with Crippen molar-refractivity contribution in [3.05, 3.63) is 71.9 Å². The lowest BCUT2D eigenvalue weighted by molar-refractivity contribution is 0.0655. The predicted octanol–water partition coefficient (Wildman–Crippen LogP) is 3.67. The van der Waals surface area contributed by atoms with Crippen molar-refractivity contribution in [3.63, 3.8) is 0 Å². The molecule has 0 unspecified atom stereocenters. The van der Waals surface area contributed by atoms with E-state index in [-0.39, 0.29) is 11.8 Å². The summed E-state index contributed by atoms with van der Waals surface area (Å²) in [7, 11) is 0. The minimum Gasteiger partial charge on any atom is -0.451 e. The second-order valence-electron chi connectivity index (χ2n) is 8.07. The highest BCUT2D eigenvalue weighted by atomic mass is 16.3. The lowest BCUT2D eigenvalue weighted by Gasteiger charge is -2.31. The molecule has 1 saturated heterocycles. The van der Waals surface area contributed by atoms with E-state index in [9.17, 15) is 9.59 Å². The zero-order valence-corrected chi connectivity index (χ0v) is 17.4. The van der Waals surface area contributed by atoms with E-state index in [1.165, 1.54) is 0 Å². The first-order chi connectivity index (χ1) is 15.1. The number of fused-ring (bicyclic) bond motifs is 2.